The van der Waals surface area contributed by atoms with Gasteiger partial charge in [-0.2, -0.15) is 0 Å². The summed E-state index contributed by atoms with van der Waals surface area (Å²) in [5.74, 6) is 0. The second-order valence-electron chi connectivity index (χ2n) is 16.6. The van der Waals surface area contributed by atoms with Crippen molar-refractivity contribution in [3.63, 3.8) is 0 Å². The van der Waals surface area contributed by atoms with Gasteiger partial charge in [-0.25, -0.2) is 30.6 Å². The van der Waals surface area contributed by atoms with Gasteiger partial charge in [0, 0.05) is 68.6 Å². The van der Waals surface area contributed by atoms with Crippen molar-refractivity contribution in [3.8, 4) is 0 Å². The molecule has 6 heterocycles. The molecule has 0 spiro atoms. The van der Waals surface area contributed by atoms with Crippen LogP contribution in [0.5, 0.6) is 0 Å². The standard InChI is InChI=1S/2C15H22BN6.C8H20N.2C4H10O.5ClH.6Cu.6S.2W/c2*1-10-7-13(4)20(17-10)16(21-14(5)8-11(2)18-21)22-15(6)9-12(3)19-22;1-5-9(6-2,7-3)8-4;2*1-3-5-4-2;;;;;;;;;;;;;;;;;;;/h2*7-9,16H,1-6H3;5-8H2,1-4H3;2*3-4H2,1-2H3;5*1H;;;;;;;;;;;;;;/q2*-1;+1;;;;;;;;6*+2;6*-2;;/p-5. The van der Waals surface area contributed by atoms with Gasteiger partial charge in [-0.05, 0) is 209 Å². The Morgan fingerprint density at radius 1 is 0.305 bits per heavy atom. The third kappa shape index (κ3) is 42.5. The van der Waals surface area contributed by atoms with E-state index in [0.29, 0.717) is 0 Å². The molecule has 0 unspecified atom stereocenters. The second kappa shape index (κ2) is 70.2. The quantitative estimate of drug-likeness (QED) is 0.0780. The molecule has 0 bridgehead atoms. The van der Waals surface area contributed by atoms with Crippen molar-refractivity contribution in [1.82, 2.24) is 58.1 Å². The first-order valence-electron chi connectivity index (χ1n) is 23.3. The first-order chi connectivity index (χ1) is 29.8. The minimum absolute atomic E-state index is 0. The molecular weight excluding hydrogens is 1910 g/mol. The van der Waals surface area contributed by atoms with Crippen LogP contribution in [0.25, 0.3) is 0 Å². The number of hydrogen-bond donors (Lipinski definition) is 0. The van der Waals surface area contributed by atoms with Gasteiger partial charge in [-0.3, -0.25) is 0 Å². The van der Waals surface area contributed by atoms with Crippen LogP contribution < -0.4 is 62.0 Å². The summed E-state index contributed by atoms with van der Waals surface area (Å²) >= 11 is 0. The average molecular weight is 1990 g/mol. The van der Waals surface area contributed by atoms with Crippen LogP contribution in [-0.4, -0.2) is 129 Å². The molecule has 82 heavy (non-hydrogen) atoms. The molecule has 36 heteroatoms. The van der Waals surface area contributed by atoms with Gasteiger partial charge in [0.1, 0.15) is 0 Å². The molecule has 0 saturated heterocycles. The second-order valence-corrected chi connectivity index (χ2v) is 16.6. The average Bonchev–Trinajstić information content (AvgIpc) is 4.07. The number of ether oxygens (including phenoxy) is 2. The third-order valence-electron chi connectivity index (χ3n) is 11.7. The van der Waals surface area contributed by atoms with Crippen LogP contribution in [0, 0.1) is 83.1 Å². The van der Waals surface area contributed by atoms with Gasteiger partial charge in [0.15, 0.2) is 0 Å². The van der Waals surface area contributed by atoms with Gasteiger partial charge >= 0.3 is 117 Å². The maximum absolute atomic E-state index is 4.83. The van der Waals surface area contributed by atoms with E-state index < -0.39 is 14.2 Å². The van der Waals surface area contributed by atoms with Crippen molar-refractivity contribution in [2.45, 2.75) is 138 Å². The summed E-state index contributed by atoms with van der Waals surface area (Å²) in [6, 6.07) is 12.6. The molecule has 6 aromatic rings. The van der Waals surface area contributed by atoms with Gasteiger partial charge in [-0.1, -0.05) is 0 Å². The van der Waals surface area contributed by atoms with Crippen LogP contribution in [0.15, 0.2) is 36.4 Å². The van der Waals surface area contributed by atoms with E-state index in [-0.39, 0.29) is 288 Å². The van der Waals surface area contributed by atoms with E-state index in [2.05, 4.69) is 133 Å². The minimum atomic E-state index is -1.26. The van der Waals surface area contributed by atoms with E-state index in [1.165, 1.54) is 30.7 Å². The zero-order chi connectivity index (χ0) is 47.6. The molecule has 0 N–H and O–H groups in total. The maximum Gasteiger partial charge on any atom is 2.00 e. The number of nitrogens with zero attached hydrogens (tertiary/aromatic N) is 13. The number of quaternary nitrogens is 1. The summed E-state index contributed by atoms with van der Waals surface area (Å²) in [6.45, 7) is 50.1. The van der Waals surface area contributed by atoms with Crippen molar-refractivity contribution in [3.05, 3.63) is 105 Å². The molecule has 0 fully saturated rings. The van der Waals surface area contributed by atoms with Gasteiger partial charge in [0.25, 0.3) is 0 Å². The van der Waals surface area contributed by atoms with Crippen LogP contribution >= 0.6 is 0 Å². The predicted molar refractivity (Wildman–Crippen MR) is 308 cm³/mol. The van der Waals surface area contributed by atoms with E-state index >= 15 is 0 Å². The largest absolute Gasteiger partial charge is 2.00 e. The summed E-state index contributed by atoms with van der Waals surface area (Å²) in [4.78, 5) is 0. The molecular formula is C46H84B2Cl5Cu6N13O2S6W2-6. The molecule has 0 aromatic carbocycles. The molecule has 0 aliphatic heterocycles. The Labute approximate surface area is 661 Å². The van der Waals surface area contributed by atoms with Crippen LogP contribution in [0.1, 0.15) is 124 Å². The van der Waals surface area contributed by atoms with Crippen molar-refractivity contribution in [2.75, 3.05) is 52.6 Å². The Morgan fingerprint density at radius 2 is 0.427 bits per heavy atom. The third-order valence-corrected chi connectivity index (χ3v) is 11.7. The molecule has 6 radical (unpaired) electrons. The van der Waals surface area contributed by atoms with Gasteiger partial charge in [0.05, 0.1) is 60.3 Å². The normalized spacial score (nSPS) is 8.56. The van der Waals surface area contributed by atoms with Crippen molar-refractivity contribution in [2.24, 2.45) is 0 Å². The Bertz CT molecular complexity index is 1930. The van der Waals surface area contributed by atoms with Crippen LogP contribution in [0.4, 0.5) is 0 Å². The van der Waals surface area contributed by atoms with Crippen molar-refractivity contribution >= 4 is 95.2 Å². The summed E-state index contributed by atoms with van der Waals surface area (Å²) in [6.07, 6.45) is 0. The topological polar surface area (TPSA) is 125 Å². The summed E-state index contributed by atoms with van der Waals surface area (Å²) in [5, 5.41) is 28.2. The fourth-order valence-corrected chi connectivity index (χ4v) is 8.28. The fraction of sp³-hybridized carbons (Fsp3) is 0.609. The molecule has 15 nitrogen and oxygen atoms in total. The zero-order valence-corrected chi connectivity index (χ0v) is 70.3. The summed E-state index contributed by atoms with van der Waals surface area (Å²) in [7, 11) is -2.52. The van der Waals surface area contributed by atoms with Crippen LogP contribution in [0.2, 0.25) is 0 Å². The molecule has 0 aliphatic rings. The van der Waals surface area contributed by atoms with E-state index in [0.717, 1.165) is 94.8 Å². The molecule has 6 aromatic heterocycles. The number of rotatable bonds is 14. The smallest absolute Gasteiger partial charge is 2.00 e. The van der Waals surface area contributed by atoms with Crippen molar-refractivity contribution < 1.29 is 221 Å². The van der Waals surface area contributed by atoms with E-state index in [1.54, 1.807) is 0 Å². The molecule has 0 aliphatic carbocycles. The van der Waals surface area contributed by atoms with Gasteiger partial charge < -0.3 is 185 Å². The number of hydrogen-bond acceptors (Lipinski definition) is 8. The molecule has 0 amide bonds. The first kappa shape index (κ1) is 134. The van der Waals surface area contributed by atoms with E-state index in [1.807, 2.05) is 69.2 Å². The molecule has 6 rings (SSSR count). The monoisotopic (exact) mass is 1980 g/mol. The Morgan fingerprint density at radius 3 is 0.476 bits per heavy atom. The summed E-state index contributed by atoms with van der Waals surface area (Å²) in [5.41, 5.74) is 12.8. The number of aromatic nitrogens is 12. The predicted octanol–water partition coefficient (Wildman–Crippen LogP) is -7.47. The SMILES string of the molecule is CCOCC.CCOCC.CC[N+](CC)(CC)CC.Cc1cc(C)n([BH-](n2nc(C)cc2C)n2nc(C)cc2C)n1.Cc1cc(C)n([BH-](n2nc(C)cc2C)n2nc(C)cc2C)n1.[Cl-].[Cl-].[Cl-].[Cl-].[Cl-].[Cu+2].[Cu+2].[Cu+2].[Cu+2].[Cu+2].[Cu+2].[S-2].[S-2].[S-2].[S-2].[S-2].[S-2].[W].[W]. The van der Waals surface area contributed by atoms with Crippen molar-refractivity contribution in [1.29, 1.82) is 0 Å². The van der Waals surface area contributed by atoms with E-state index in [9.17, 15) is 0 Å². The van der Waals surface area contributed by atoms with Gasteiger partial charge in [0.2, 0.25) is 0 Å². The minimum Gasteiger partial charge on any atom is -2.00 e. The Balaban J connectivity index is -0.0000000405. The Kier molecular flexibility index (Phi) is 115. The zero-order valence-electron chi connectivity index (χ0n) is 50.1. The van der Waals surface area contributed by atoms with Gasteiger partial charge in [-0.15, -0.1) is 0 Å². The number of aryl methyl sites for hydroxylation is 12. The van der Waals surface area contributed by atoms with Crippen LogP contribution in [-0.2, 0) is 235 Å². The fourth-order valence-electron chi connectivity index (χ4n) is 8.28. The number of halogens is 5. The molecule has 0 saturated carbocycles. The van der Waals surface area contributed by atoms with E-state index in [4.69, 9.17) is 40.1 Å². The first-order valence-corrected chi connectivity index (χ1v) is 23.3. The maximum atomic E-state index is 4.83. The molecule has 506 valence electrons. The summed E-state index contributed by atoms with van der Waals surface area (Å²) < 4.78 is 23.3. The van der Waals surface area contributed by atoms with Crippen LogP contribution in [0.3, 0.4) is 0 Å². The Hall–Kier alpha value is 3.31. The molecule has 0 atom stereocenters.